The Morgan fingerprint density at radius 1 is 1.37 bits per heavy atom. The Balaban J connectivity index is 1.70. The molecule has 0 spiro atoms. The minimum Gasteiger partial charge on any atom is -0.459 e. The Kier molecular flexibility index (Phi) is 3.35. The second-order valence-corrected chi connectivity index (χ2v) is 4.90. The lowest BCUT2D eigenvalue weighted by atomic mass is 10.2. The molecule has 0 radical (unpaired) electrons. The van der Waals surface area contributed by atoms with E-state index in [4.69, 9.17) is 13.6 Å². The molecule has 3 rings (SSSR count). The lowest BCUT2D eigenvalue weighted by Crippen LogP contribution is -2.46. The maximum atomic E-state index is 5.62. The van der Waals surface area contributed by atoms with Gasteiger partial charge in [0.05, 0.1) is 25.5 Å². The van der Waals surface area contributed by atoms with Gasteiger partial charge in [0.15, 0.2) is 5.76 Å². The largest absolute Gasteiger partial charge is 0.459 e. The van der Waals surface area contributed by atoms with Gasteiger partial charge < -0.3 is 13.6 Å². The first-order valence-corrected chi connectivity index (χ1v) is 6.44. The molecule has 19 heavy (non-hydrogen) atoms. The van der Waals surface area contributed by atoms with Crippen LogP contribution in [0.4, 0.5) is 0 Å². The van der Waals surface area contributed by atoms with Gasteiger partial charge in [-0.3, -0.25) is 4.90 Å². The summed E-state index contributed by atoms with van der Waals surface area (Å²) in [4.78, 5) is 2.29. The summed E-state index contributed by atoms with van der Waals surface area (Å²) in [5.41, 5.74) is 0. The fourth-order valence-corrected chi connectivity index (χ4v) is 2.18. The van der Waals surface area contributed by atoms with E-state index < -0.39 is 0 Å². The minimum absolute atomic E-state index is 0.240. The van der Waals surface area contributed by atoms with E-state index in [0.29, 0.717) is 30.1 Å². The normalized spacial score (nSPS) is 24.7. The second-order valence-electron chi connectivity index (χ2n) is 4.90. The van der Waals surface area contributed by atoms with Gasteiger partial charge in [-0.05, 0) is 26.0 Å². The number of rotatable bonds is 3. The number of furan rings is 1. The predicted octanol–water partition coefficient (Wildman–Crippen LogP) is 1.94. The van der Waals surface area contributed by atoms with Crippen LogP contribution in [0.25, 0.3) is 11.7 Å². The summed E-state index contributed by atoms with van der Waals surface area (Å²) >= 11 is 0. The SMILES string of the molecule is CC1CN(Cc2nnc(-c3ccco3)o2)C(C)CO1. The Hall–Kier alpha value is -1.66. The summed E-state index contributed by atoms with van der Waals surface area (Å²) in [5, 5.41) is 8.07. The molecule has 0 N–H and O–H groups in total. The molecule has 0 aliphatic carbocycles. The van der Waals surface area contributed by atoms with Gasteiger partial charge in [-0.25, -0.2) is 0 Å². The maximum Gasteiger partial charge on any atom is 0.283 e. The molecule has 0 saturated carbocycles. The molecule has 3 heterocycles. The van der Waals surface area contributed by atoms with Crippen LogP contribution in [0.5, 0.6) is 0 Å². The topological polar surface area (TPSA) is 64.5 Å². The summed E-state index contributed by atoms with van der Waals surface area (Å²) in [5.74, 6) is 1.63. The number of aromatic nitrogens is 2. The molecule has 1 aliphatic rings. The van der Waals surface area contributed by atoms with Crippen molar-refractivity contribution in [3.05, 3.63) is 24.3 Å². The molecular formula is C13H17N3O3. The van der Waals surface area contributed by atoms with Crippen LogP contribution in [0.1, 0.15) is 19.7 Å². The van der Waals surface area contributed by atoms with Gasteiger partial charge in [0, 0.05) is 12.6 Å². The van der Waals surface area contributed by atoms with E-state index in [1.807, 2.05) is 0 Å². The van der Waals surface area contributed by atoms with E-state index in [1.54, 1.807) is 18.4 Å². The Morgan fingerprint density at radius 2 is 2.26 bits per heavy atom. The zero-order valence-electron chi connectivity index (χ0n) is 11.1. The van der Waals surface area contributed by atoms with Gasteiger partial charge in [0.25, 0.3) is 5.89 Å². The van der Waals surface area contributed by atoms with Gasteiger partial charge in [0.1, 0.15) is 0 Å². The Morgan fingerprint density at radius 3 is 3.05 bits per heavy atom. The summed E-state index contributed by atoms with van der Waals surface area (Å²) < 4.78 is 16.4. The molecule has 6 heteroatoms. The van der Waals surface area contributed by atoms with Crippen LogP contribution < -0.4 is 0 Å². The molecule has 1 fully saturated rings. The van der Waals surface area contributed by atoms with Crippen molar-refractivity contribution in [3.8, 4) is 11.7 Å². The van der Waals surface area contributed by atoms with Crippen molar-refractivity contribution in [3.63, 3.8) is 0 Å². The van der Waals surface area contributed by atoms with E-state index >= 15 is 0 Å². The molecule has 2 aromatic rings. The molecule has 102 valence electrons. The van der Waals surface area contributed by atoms with Gasteiger partial charge in [-0.15, -0.1) is 10.2 Å². The molecule has 0 bridgehead atoms. The molecule has 1 aliphatic heterocycles. The van der Waals surface area contributed by atoms with Crippen molar-refractivity contribution in [1.82, 2.24) is 15.1 Å². The van der Waals surface area contributed by atoms with E-state index in [2.05, 4.69) is 28.9 Å². The van der Waals surface area contributed by atoms with Crippen LogP contribution in [0, 0.1) is 0 Å². The highest BCUT2D eigenvalue weighted by molar-refractivity contribution is 5.42. The molecule has 2 aromatic heterocycles. The Bertz CT molecular complexity index is 523. The van der Waals surface area contributed by atoms with E-state index in [-0.39, 0.29) is 6.10 Å². The fourth-order valence-electron chi connectivity index (χ4n) is 2.18. The molecular weight excluding hydrogens is 246 g/mol. The maximum absolute atomic E-state index is 5.62. The van der Waals surface area contributed by atoms with Crippen molar-refractivity contribution < 1.29 is 13.6 Å². The molecule has 2 unspecified atom stereocenters. The quantitative estimate of drug-likeness (QED) is 0.843. The Labute approximate surface area is 111 Å². The zero-order valence-corrected chi connectivity index (χ0v) is 11.1. The highest BCUT2D eigenvalue weighted by Crippen LogP contribution is 2.20. The standard InChI is InChI=1S/C13H17N3O3/c1-9-8-18-10(2)6-16(9)7-12-14-15-13(19-12)11-4-3-5-17-11/h3-5,9-10H,6-8H2,1-2H3. The third-order valence-electron chi connectivity index (χ3n) is 3.27. The smallest absolute Gasteiger partial charge is 0.283 e. The zero-order chi connectivity index (χ0) is 13.2. The first-order chi connectivity index (χ1) is 9.22. The molecule has 0 aromatic carbocycles. The lowest BCUT2D eigenvalue weighted by Gasteiger charge is -2.35. The van der Waals surface area contributed by atoms with Crippen LogP contribution >= 0.6 is 0 Å². The number of hydrogen-bond donors (Lipinski definition) is 0. The van der Waals surface area contributed by atoms with Crippen LogP contribution in [-0.2, 0) is 11.3 Å². The number of nitrogens with zero attached hydrogens (tertiary/aromatic N) is 3. The summed E-state index contributed by atoms with van der Waals surface area (Å²) in [7, 11) is 0. The van der Waals surface area contributed by atoms with Crippen molar-refractivity contribution >= 4 is 0 Å². The van der Waals surface area contributed by atoms with Gasteiger partial charge in [-0.1, -0.05) is 0 Å². The molecule has 0 amide bonds. The second kappa shape index (κ2) is 5.14. The minimum atomic E-state index is 0.240. The number of ether oxygens (including phenoxy) is 1. The van der Waals surface area contributed by atoms with Crippen LogP contribution in [-0.4, -0.2) is 40.4 Å². The first kappa shape index (κ1) is 12.4. The van der Waals surface area contributed by atoms with Crippen molar-refractivity contribution in [2.75, 3.05) is 13.2 Å². The van der Waals surface area contributed by atoms with Crippen LogP contribution in [0.2, 0.25) is 0 Å². The molecule has 6 nitrogen and oxygen atoms in total. The van der Waals surface area contributed by atoms with E-state index in [0.717, 1.165) is 13.2 Å². The first-order valence-electron chi connectivity index (χ1n) is 6.44. The average Bonchev–Trinajstić information content (AvgIpc) is 3.04. The van der Waals surface area contributed by atoms with Crippen molar-refractivity contribution in [1.29, 1.82) is 0 Å². The van der Waals surface area contributed by atoms with Gasteiger partial charge in [0.2, 0.25) is 5.89 Å². The van der Waals surface area contributed by atoms with E-state index in [9.17, 15) is 0 Å². The highest BCUT2D eigenvalue weighted by atomic mass is 16.5. The third-order valence-corrected chi connectivity index (χ3v) is 3.27. The van der Waals surface area contributed by atoms with E-state index in [1.165, 1.54) is 0 Å². The monoisotopic (exact) mass is 263 g/mol. The fraction of sp³-hybridized carbons (Fsp3) is 0.538. The number of morpholine rings is 1. The number of hydrogen-bond acceptors (Lipinski definition) is 6. The van der Waals surface area contributed by atoms with Gasteiger partial charge in [-0.2, -0.15) is 0 Å². The summed E-state index contributed by atoms with van der Waals surface area (Å²) in [6.07, 6.45) is 1.83. The van der Waals surface area contributed by atoms with Crippen molar-refractivity contribution in [2.24, 2.45) is 0 Å². The van der Waals surface area contributed by atoms with Crippen molar-refractivity contribution in [2.45, 2.75) is 32.5 Å². The molecule has 1 saturated heterocycles. The summed E-state index contributed by atoms with van der Waals surface area (Å²) in [6, 6.07) is 3.96. The third kappa shape index (κ3) is 2.69. The molecule has 2 atom stereocenters. The predicted molar refractivity (Wildman–Crippen MR) is 67.3 cm³/mol. The highest BCUT2D eigenvalue weighted by Gasteiger charge is 2.25. The summed E-state index contributed by atoms with van der Waals surface area (Å²) in [6.45, 7) is 6.46. The lowest BCUT2D eigenvalue weighted by molar-refractivity contribution is -0.0550. The van der Waals surface area contributed by atoms with Gasteiger partial charge >= 0.3 is 0 Å². The van der Waals surface area contributed by atoms with Crippen LogP contribution in [0.15, 0.2) is 27.2 Å². The average molecular weight is 263 g/mol. The van der Waals surface area contributed by atoms with Crippen LogP contribution in [0.3, 0.4) is 0 Å².